The Morgan fingerprint density at radius 1 is 1.12 bits per heavy atom. The van der Waals surface area contributed by atoms with Crippen LogP contribution in [0.3, 0.4) is 0 Å². The Morgan fingerprint density at radius 2 is 1.71 bits per heavy atom. The van der Waals surface area contributed by atoms with Crippen molar-refractivity contribution in [2.75, 3.05) is 17.6 Å². The van der Waals surface area contributed by atoms with Crippen LogP contribution in [0.4, 0.5) is 10.1 Å². The van der Waals surface area contributed by atoms with E-state index in [1.807, 2.05) is 0 Å². The minimum Gasteiger partial charge on any atom is -0.345 e. The average molecular weight is 350 g/mol. The third-order valence-electron chi connectivity index (χ3n) is 3.70. The number of amides is 1. The normalized spacial score (nSPS) is 12.5. The van der Waals surface area contributed by atoms with E-state index in [-0.39, 0.29) is 17.4 Å². The smallest absolute Gasteiger partial charge is 0.253 e. The predicted octanol–water partition coefficient (Wildman–Crippen LogP) is 2.71. The molecule has 0 bridgehead atoms. The molecule has 24 heavy (non-hydrogen) atoms. The molecule has 5 nitrogen and oxygen atoms in total. The summed E-state index contributed by atoms with van der Waals surface area (Å²) in [6, 6.07) is 11.9. The molecule has 0 aromatic heterocycles. The molecule has 0 radical (unpaired) electrons. The van der Waals surface area contributed by atoms with Crippen molar-refractivity contribution >= 4 is 21.6 Å². The summed E-state index contributed by atoms with van der Waals surface area (Å²) in [5.41, 5.74) is 1.29. The Hall–Kier alpha value is -2.41. The van der Waals surface area contributed by atoms with Gasteiger partial charge in [-0.15, -0.1) is 0 Å². The van der Waals surface area contributed by atoms with Gasteiger partial charge in [0.15, 0.2) is 0 Å². The lowest BCUT2D eigenvalue weighted by molar-refractivity contribution is 0.0940. The predicted molar refractivity (Wildman–Crippen MR) is 92.0 cm³/mol. The third-order valence-corrected chi connectivity index (χ3v) is 4.89. The van der Waals surface area contributed by atoms with Gasteiger partial charge < -0.3 is 5.32 Å². The van der Waals surface area contributed by atoms with Gasteiger partial charge in [0.25, 0.3) is 5.91 Å². The van der Waals surface area contributed by atoms with Crippen LogP contribution >= 0.6 is 0 Å². The summed E-state index contributed by atoms with van der Waals surface area (Å²) >= 11 is 0. The summed E-state index contributed by atoms with van der Waals surface area (Å²) < 4.78 is 37.5. The van der Waals surface area contributed by atoms with Crippen molar-refractivity contribution in [2.24, 2.45) is 0 Å². The Bertz CT molecular complexity index is 835. The summed E-state index contributed by atoms with van der Waals surface area (Å²) in [5, 5.41) is 2.80. The molecule has 0 aliphatic rings. The molecule has 1 amide bonds. The molecule has 0 unspecified atom stereocenters. The lowest BCUT2D eigenvalue weighted by Crippen LogP contribution is -2.31. The van der Waals surface area contributed by atoms with E-state index in [9.17, 15) is 17.6 Å². The van der Waals surface area contributed by atoms with Gasteiger partial charge in [-0.25, -0.2) is 12.8 Å². The van der Waals surface area contributed by atoms with Gasteiger partial charge in [-0.1, -0.05) is 24.3 Å². The van der Waals surface area contributed by atoms with Crippen LogP contribution in [-0.4, -0.2) is 27.6 Å². The highest BCUT2D eigenvalue weighted by Gasteiger charge is 2.20. The third kappa shape index (κ3) is 4.11. The first-order valence-electron chi connectivity index (χ1n) is 7.29. The first-order chi connectivity index (χ1) is 11.2. The molecule has 2 aromatic rings. The van der Waals surface area contributed by atoms with Crippen LogP contribution < -0.4 is 9.62 Å². The highest BCUT2D eigenvalue weighted by Crippen LogP contribution is 2.22. The quantitative estimate of drug-likeness (QED) is 0.902. The molecule has 128 valence electrons. The number of carbonyl (C=O) groups excluding carboxylic acids is 1. The van der Waals surface area contributed by atoms with Crippen LogP contribution in [0.2, 0.25) is 0 Å². The topological polar surface area (TPSA) is 66.5 Å². The minimum absolute atomic E-state index is 0.249. The summed E-state index contributed by atoms with van der Waals surface area (Å²) in [6.45, 7) is 1.77. The molecule has 2 rings (SSSR count). The number of nitrogens with zero attached hydrogens (tertiary/aromatic N) is 1. The number of hydrogen-bond acceptors (Lipinski definition) is 3. The molecule has 1 atom stereocenters. The van der Waals surface area contributed by atoms with Crippen LogP contribution in [0.15, 0.2) is 48.5 Å². The number of rotatable bonds is 5. The van der Waals surface area contributed by atoms with E-state index < -0.39 is 15.9 Å². The number of benzene rings is 2. The van der Waals surface area contributed by atoms with Gasteiger partial charge in [0.2, 0.25) is 10.0 Å². The van der Waals surface area contributed by atoms with Gasteiger partial charge in [-0.05, 0) is 36.8 Å². The van der Waals surface area contributed by atoms with Gasteiger partial charge >= 0.3 is 0 Å². The molecule has 2 aromatic carbocycles. The zero-order chi connectivity index (χ0) is 17.9. The second kappa shape index (κ2) is 7.00. The van der Waals surface area contributed by atoms with E-state index in [0.717, 1.165) is 16.1 Å². The highest BCUT2D eigenvalue weighted by molar-refractivity contribution is 7.92. The molecule has 0 saturated carbocycles. The lowest BCUT2D eigenvalue weighted by atomic mass is 10.1. The Balaban J connectivity index is 2.26. The Labute approximate surface area is 141 Å². The van der Waals surface area contributed by atoms with Crippen molar-refractivity contribution in [3.05, 3.63) is 65.5 Å². The van der Waals surface area contributed by atoms with E-state index in [2.05, 4.69) is 5.32 Å². The molecule has 0 saturated heterocycles. The molecule has 0 spiro atoms. The van der Waals surface area contributed by atoms with Gasteiger partial charge in [0.05, 0.1) is 23.5 Å². The second-order valence-corrected chi connectivity index (χ2v) is 7.51. The molecule has 1 N–H and O–H groups in total. The molecule has 0 heterocycles. The van der Waals surface area contributed by atoms with Crippen molar-refractivity contribution in [1.82, 2.24) is 5.32 Å². The minimum atomic E-state index is -3.49. The largest absolute Gasteiger partial charge is 0.345 e. The standard InChI is InChI=1S/C17H19FN2O3S/c1-12(13-8-10-14(18)11-9-13)19-17(21)15-6-4-5-7-16(15)20(2)24(3,22)23/h4-12H,1-3H3,(H,19,21)/t12-/m0/s1. The van der Waals surface area contributed by atoms with Crippen molar-refractivity contribution in [1.29, 1.82) is 0 Å². The summed E-state index contributed by atoms with van der Waals surface area (Å²) in [6.07, 6.45) is 1.07. The van der Waals surface area contributed by atoms with Crippen molar-refractivity contribution < 1.29 is 17.6 Å². The number of hydrogen-bond donors (Lipinski definition) is 1. The number of anilines is 1. The van der Waals surface area contributed by atoms with Crippen LogP contribution in [0.5, 0.6) is 0 Å². The van der Waals surface area contributed by atoms with E-state index in [4.69, 9.17) is 0 Å². The fourth-order valence-corrected chi connectivity index (χ4v) is 2.74. The SMILES string of the molecule is C[C@H](NC(=O)c1ccccc1N(C)S(C)(=O)=O)c1ccc(F)cc1. The monoisotopic (exact) mass is 350 g/mol. The number of carbonyl (C=O) groups is 1. The highest BCUT2D eigenvalue weighted by atomic mass is 32.2. The zero-order valence-electron chi connectivity index (χ0n) is 13.7. The second-order valence-electron chi connectivity index (χ2n) is 5.49. The van der Waals surface area contributed by atoms with E-state index >= 15 is 0 Å². The molecule has 0 fully saturated rings. The van der Waals surface area contributed by atoms with Crippen LogP contribution in [0, 0.1) is 5.82 Å². The fraction of sp³-hybridized carbons (Fsp3) is 0.235. The molecular formula is C17H19FN2O3S. The van der Waals surface area contributed by atoms with Gasteiger partial charge in [-0.3, -0.25) is 9.10 Å². The lowest BCUT2D eigenvalue weighted by Gasteiger charge is -2.21. The van der Waals surface area contributed by atoms with Crippen molar-refractivity contribution in [3.63, 3.8) is 0 Å². The van der Waals surface area contributed by atoms with Crippen LogP contribution in [0.25, 0.3) is 0 Å². The maximum absolute atomic E-state index is 13.0. The average Bonchev–Trinajstić information content (AvgIpc) is 2.53. The molecular weight excluding hydrogens is 331 g/mol. The van der Waals surface area contributed by atoms with E-state index in [0.29, 0.717) is 5.69 Å². The fourth-order valence-electron chi connectivity index (χ4n) is 2.23. The maximum Gasteiger partial charge on any atom is 0.253 e. The molecule has 0 aliphatic carbocycles. The van der Waals surface area contributed by atoms with E-state index in [1.165, 1.54) is 19.2 Å². The van der Waals surface area contributed by atoms with E-state index in [1.54, 1.807) is 43.3 Å². The maximum atomic E-state index is 13.0. The van der Waals surface area contributed by atoms with Crippen LogP contribution in [-0.2, 0) is 10.0 Å². The Morgan fingerprint density at radius 3 is 2.29 bits per heavy atom. The van der Waals surface area contributed by atoms with Crippen molar-refractivity contribution in [3.8, 4) is 0 Å². The number of nitrogens with one attached hydrogen (secondary N) is 1. The van der Waals surface area contributed by atoms with Gasteiger partial charge in [-0.2, -0.15) is 0 Å². The molecule has 0 aliphatic heterocycles. The first-order valence-corrected chi connectivity index (χ1v) is 9.14. The summed E-state index contributed by atoms with van der Waals surface area (Å²) in [7, 11) is -2.09. The number of halogens is 1. The Kier molecular flexibility index (Phi) is 5.23. The number of para-hydroxylation sites is 1. The van der Waals surface area contributed by atoms with Crippen LogP contribution in [0.1, 0.15) is 28.9 Å². The summed E-state index contributed by atoms with van der Waals surface area (Å²) in [5.74, 6) is -0.754. The first kappa shape index (κ1) is 17.9. The number of sulfonamides is 1. The summed E-state index contributed by atoms with van der Waals surface area (Å²) in [4.78, 5) is 12.5. The van der Waals surface area contributed by atoms with Gasteiger partial charge in [0.1, 0.15) is 5.82 Å². The van der Waals surface area contributed by atoms with Gasteiger partial charge in [0, 0.05) is 7.05 Å². The zero-order valence-corrected chi connectivity index (χ0v) is 14.5. The van der Waals surface area contributed by atoms with Crippen molar-refractivity contribution in [2.45, 2.75) is 13.0 Å². The molecule has 7 heteroatoms.